The predicted molar refractivity (Wildman–Crippen MR) is 60.9 cm³/mol. The van der Waals surface area contributed by atoms with E-state index in [1.165, 1.54) is 16.7 Å². The second-order valence-electron chi connectivity index (χ2n) is 3.73. The minimum atomic E-state index is 0.532. The van der Waals surface area contributed by atoms with Crippen LogP contribution in [0.25, 0.3) is 0 Å². The molecule has 2 N–H and O–H groups in total. The summed E-state index contributed by atoms with van der Waals surface area (Å²) in [6, 6.07) is 4.19. The molecule has 0 bridgehead atoms. The van der Waals surface area contributed by atoms with Gasteiger partial charge < -0.3 is 9.57 Å². The summed E-state index contributed by atoms with van der Waals surface area (Å²) in [5.74, 6) is 5.93. The van der Waals surface area contributed by atoms with Crippen molar-refractivity contribution in [3.63, 3.8) is 0 Å². The van der Waals surface area contributed by atoms with Crippen molar-refractivity contribution < 1.29 is 9.57 Å². The summed E-state index contributed by atoms with van der Waals surface area (Å²) in [4.78, 5) is 4.48. The van der Waals surface area contributed by atoms with Gasteiger partial charge in [0, 0.05) is 6.42 Å². The summed E-state index contributed by atoms with van der Waals surface area (Å²) < 4.78 is 5.71. The number of benzene rings is 1. The van der Waals surface area contributed by atoms with Gasteiger partial charge in [-0.05, 0) is 37.5 Å². The quantitative estimate of drug-likeness (QED) is 0.597. The van der Waals surface area contributed by atoms with Gasteiger partial charge in [-0.15, -0.1) is 0 Å². The van der Waals surface area contributed by atoms with Crippen LogP contribution in [0.4, 0.5) is 0 Å². The average molecular weight is 209 g/mol. The van der Waals surface area contributed by atoms with E-state index in [9.17, 15) is 0 Å². The molecule has 0 aliphatic carbocycles. The van der Waals surface area contributed by atoms with Gasteiger partial charge in [-0.1, -0.05) is 12.1 Å². The van der Waals surface area contributed by atoms with Crippen molar-refractivity contribution in [2.45, 2.75) is 27.2 Å². The Balaban J connectivity index is 2.63. The lowest BCUT2D eigenvalue weighted by Crippen LogP contribution is -2.07. The summed E-state index contributed by atoms with van der Waals surface area (Å²) in [6.45, 7) is 7.40. The van der Waals surface area contributed by atoms with Gasteiger partial charge in [0.25, 0.3) is 0 Å². The highest BCUT2D eigenvalue weighted by molar-refractivity contribution is 5.44. The van der Waals surface area contributed by atoms with E-state index in [1.54, 1.807) is 0 Å². The molecule has 0 atom stereocenters. The van der Waals surface area contributed by atoms with E-state index < -0.39 is 0 Å². The predicted octanol–water partition coefficient (Wildman–Crippen LogP) is 2.27. The molecule has 0 aliphatic heterocycles. The zero-order valence-corrected chi connectivity index (χ0v) is 9.67. The van der Waals surface area contributed by atoms with Gasteiger partial charge in [0.2, 0.25) is 0 Å². The molecule has 84 valence electrons. The van der Waals surface area contributed by atoms with Crippen LogP contribution in [0.5, 0.6) is 5.75 Å². The van der Waals surface area contributed by atoms with Gasteiger partial charge in [-0.3, -0.25) is 0 Å². The third kappa shape index (κ3) is 3.22. The molecule has 0 unspecified atom stereocenters. The van der Waals surface area contributed by atoms with Gasteiger partial charge in [0.1, 0.15) is 5.75 Å². The molecule has 15 heavy (non-hydrogen) atoms. The van der Waals surface area contributed by atoms with Crippen molar-refractivity contribution in [3.8, 4) is 5.75 Å². The van der Waals surface area contributed by atoms with Gasteiger partial charge >= 0.3 is 0 Å². The Morgan fingerprint density at radius 1 is 1.07 bits per heavy atom. The van der Waals surface area contributed by atoms with Crippen LogP contribution in [-0.4, -0.2) is 13.2 Å². The SMILES string of the molecule is Cc1ccc(C)c(OCCCON)c1C. The molecule has 0 saturated carbocycles. The monoisotopic (exact) mass is 209 g/mol. The first-order valence-electron chi connectivity index (χ1n) is 5.18. The van der Waals surface area contributed by atoms with Crippen LogP contribution in [0.1, 0.15) is 23.1 Å². The molecule has 3 nitrogen and oxygen atoms in total. The molecule has 0 aliphatic rings. The van der Waals surface area contributed by atoms with Crippen molar-refractivity contribution in [3.05, 3.63) is 28.8 Å². The zero-order valence-electron chi connectivity index (χ0n) is 9.67. The fraction of sp³-hybridized carbons (Fsp3) is 0.500. The summed E-state index contributed by atoms with van der Waals surface area (Å²) in [5.41, 5.74) is 3.64. The van der Waals surface area contributed by atoms with Crippen LogP contribution in [0.15, 0.2) is 12.1 Å². The van der Waals surface area contributed by atoms with Gasteiger partial charge in [-0.25, -0.2) is 5.90 Å². The van der Waals surface area contributed by atoms with Crippen LogP contribution in [0, 0.1) is 20.8 Å². The van der Waals surface area contributed by atoms with Crippen LogP contribution in [0.3, 0.4) is 0 Å². The van der Waals surface area contributed by atoms with E-state index >= 15 is 0 Å². The van der Waals surface area contributed by atoms with E-state index in [0.29, 0.717) is 13.2 Å². The summed E-state index contributed by atoms with van der Waals surface area (Å²) in [7, 11) is 0. The fourth-order valence-electron chi connectivity index (χ4n) is 1.46. The van der Waals surface area contributed by atoms with E-state index in [0.717, 1.165) is 12.2 Å². The average Bonchev–Trinajstić information content (AvgIpc) is 2.23. The fourth-order valence-corrected chi connectivity index (χ4v) is 1.46. The maximum absolute atomic E-state index is 5.71. The molecule has 1 aromatic rings. The first-order chi connectivity index (χ1) is 7.16. The van der Waals surface area contributed by atoms with Crippen LogP contribution >= 0.6 is 0 Å². The van der Waals surface area contributed by atoms with Gasteiger partial charge in [0.05, 0.1) is 13.2 Å². The van der Waals surface area contributed by atoms with E-state index in [2.05, 4.69) is 37.7 Å². The topological polar surface area (TPSA) is 44.5 Å². The second kappa shape index (κ2) is 5.73. The largest absolute Gasteiger partial charge is 0.493 e. The van der Waals surface area contributed by atoms with Crippen LogP contribution in [0.2, 0.25) is 0 Å². The molecule has 0 aromatic heterocycles. The Morgan fingerprint density at radius 2 is 1.73 bits per heavy atom. The number of hydrogen-bond acceptors (Lipinski definition) is 3. The molecule has 0 radical (unpaired) electrons. The number of aryl methyl sites for hydroxylation is 2. The second-order valence-corrected chi connectivity index (χ2v) is 3.73. The highest BCUT2D eigenvalue weighted by atomic mass is 16.6. The van der Waals surface area contributed by atoms with E-state index in [1.807, 2.05) is 0 Å². The molecule has 0 saturated heterocycles. The molecule has 0 heterocycles. The molecule has 3 heteroatoms. The molecular formula is C12H19NO2. The van der Waals surface area contributed by atoms with Crippen molar-refractivity contribution >= 4 is 0 Å². The Morgan fingerprint density at radius 3 is 2.40 bits per heavy atom. The Hall–Kier alpha value is -1.06. The lowest BCUT2D eigenvalue weighted by molar-refractivity contribution is 0.122. The maximum atomic E-state index is 5.71. The van der Waals surface area contributed by atoms with Crippen molar-refractivity contribution in [1.82, 2.24) is 0 Å². The maximum Gasteiger partial charge on any atom is 0.125 e. The number of ether oxygens (including phenoxy) is 1. The van der Waals surface area contributed by atoms with E-state index in [4.69, 9.17) is 10.6 Å². The Bertz CT molecular complexity index is 324. The minimum absolute atomic E-state index is 0.532. The lowest BCUT2D eigenvalue weighted by Gasteiger charge is -2.13. The minimum Gasteiger partial charge on any atom is -0.493 e. The van der Waals surface area contributed by atoms with Crippen molar-refractivity contribution in [2.24, 2.45) is 5.90 Å². The van der Waals surface area contributed by atoms with Crippen LogP contribution < -0.4 is 10.6 Å². The molecule has 0 fully saturated rings. The third-order valence-corrected chi connectivity index (χ3v) is 2.53. The van der Waals surface area contributed by atoms with Crippen molar-refractivity contribution in [1.29, 1.82) is 0 Å². The normalized spacial score (nSPS) is 10.4. The first kappa shape index (κ1) is 12.0. The molecule has 1 aromatic carbocycles. The third-order valence-electron chi connectivity index (χ3n) is 2.53. The van der Waals surface area contributed by atoms with Gasteiger partial charge in [-0.2, -0.15) is 0 Å². The molecular weight excluding hydrogens is 190 g/mol. The number of rotatable bonds is 5. The highest BCUT2D eigenvalue weighted by Gasteiger charge is 2.05. The van der Waals surface area contributed by atoms with Crippen LogP contribution in [-0.2, 0) is 4.84 Å². The standard InChI is InChI=1S/C12H19NO2/c1-9-5-6-10(2)12(11(9)3)14-7-4-8-15-13/h5-6H,4,7-8,13H2,1-3H3. The summed E-state index contributed by atoms with van der Waals surface area (Å²) in [6.07, 6.45) is 0.809. The summed E-state index contributed by atoms with van der Waals surface area (Å²) in [5, 5.41) is 0. The van der Waals surface area contributed by atoms with E-state index in [-0.39, 0.29) is 0 Å². The molecule has 0 amide bonds. The first-order valence-corrected chi connectivity index (χ1v) is 5.18. The molecule has 1 rings (SSSR count). The zero-order chi connectivity index (χ0) is 11.3. The Labute approximate surface area is 91.1 Å². The lowest BCUT2D eigenvalue weighted by atomic mass is 10.1. The highest BCUT2D eigenvalue weighted by Crippen LogP contribution is 2.25. The molecule has 0 spiro atoms. The summed E-state index contributed by atoms with van der Waals surface area (Å²) >= 11 is 0. The number of hydrogen-bond donors (Lipinski definition) is 1. The Kier molecular flexibility index (Phi) is 4.59. The van der Waals surface area contributed by atoms with Gasteiger partial charge in [0.15, 0.2) is 0 Å². The smallest absolute Gasteiger partial charge is 0.125 e. The number of nitrogens with two attached hydrogens (primary N) is 1. The van der Waals surface area contributed by atoms with Crippen molar-refractivity contribution in [2.75, 3.05) is 13.2 Å².